The van der Waals surface area contributed by atoms with Gasteiger partial charge in [0.05, 0.1) is 0 Å². The molecule has 0 rings (SSSR count). The molecule has 3 nitrogen and oxygen atoms in total. The Labute approximate surface area is 106 Å². The molecule has 0 saturated carbocycles. The third kappa shape index (κ3) is 10.3. The maximum absolute atomic E-state index is 11.6. The molecule has 17 heavy (non-hydrogen) atoms. The summed E-state index contributed by atoms with van der Waals surface area (Å²) in [5, 5.41) is 12.5. The molecule has 0 fully saturated rings. The van der Waals surface area contributed by atoms with Crippen LogP contribution < -0.4 is 5.32 Å². The molecule has 0 aromatic rings. The van der Waals surface area contributed by atoms with Crippen LogP contribution in [0.25, 0.3) is 0 Å². The Kier molecular flexibility index (Phi) is 6.17. The number of amides is 1. The van der Waals surface area contributed by atoms with E-state index in [-0.39, 0.29) is 11.4 Å². The zero-order valence-corrected chi connectivity index (χ0v) is 12.3. The number of rotatable bonds is 5. The highest BCUT2D eigenvalue weighted by Gasteiger charge is 2.20. The molecule has 0 aliphatic carbocycles. The van der Waals surface area contributed by atoms with Crippen LogP contribution in [-0.4, -0.2) is 22.7 Å². The number of hydrogen-bond donors (Lipinski definition) is 2. The van der Waals surface area contributed by atoms with E-state index in [4.69, 9.17) is 0 Å². The normalized spacial score (nSPS) is 14.5. The molecule has 0 aromatic carbocycles. The van der Waals surface area contributed by atoms with Crippen LogP contribution in [0.1, 0.15) is 67.2 Å². The Morgan fingerprint density at radius 3 is 2.06 bits per heavy atom. The Morgan fingerprint density at radius 1 is 1.12 bits per heavy atom. The van der Waals surface area contributed by atoms with Crippen molar-refractivity contribution < 1.29 is 9.90 Å². The lowest BCUT2D eigenvalue weighted by atomic mass is 9.89. The van der Waals surface area contributed by atoms with Gasteiger partial charge in [0.1, 0.15) is 6.10 Å². The van der Waals surface area contributed by atoms with E-state index < -0.39 is 6.10 Å². The third-order valence-electron chi connectivity index (χ3n) is 2.46. The molecule has 3 heteroatoms. The SMILES string of the molecule is CC(C)(C)CCCCC(O)C(=O)NC(C)(C)C. The molecule has 0 saturated heterocycles. The van der Waals surface area contributed by atoms with Gasteiger partial charge in [-0.2, -0.15) is 0 Å². The summed E-state index contributed by atoms with van der Waals surface area (Å²) in [6.45, 7) is 12.4. The van der Waals surface area contributed by atoms with Crippen molar-refractivity contribution in [3.05, 3.63) is 0 Å². The largest absolute Gasteiger partial charge is 0.383 e. The maximum atomic E-state index is 11.6. The van der Waals surface area contributed by atoms with Gasteiger partial charge in [-0.3, -0.25) is 4.79 Å². The van der Waals surface area contributed by atoms with E-state index in [2.05, 4.69) is 26.1 Å². The Morgan fingerprint density at radius 2 is 1.65 bits per heavy atom. The first-order valence-electron chi connectivity index (χ1n) is 6.51. The van der Waals surface area contributed by atoms with Crippen molar-refractivity contribution in [2.45, 2.75) is 78.9 Å². The maximum Gasteiger partial charge on any atom is 0.249 e. The van der Waals surface area contributed by atoms with Gasteiger partial charge in [-0.05, 0) is 39.0 Å². The number of aliphatic hydroxyl groups excluding tert-OH is 1. The highest BCUT2D eigenvalue weighted by molar-refractivity contribution is 5.81. The Balaban J connectivity index is 3.80. The zero-order valence-electron chi connectivity index (χ0n) is 12.3. The van der Waals surface area contributed by atoms with E-state index in [0.717, 1.165) is 19.3 Å². The third-order valence-corrected chi connectivity index (χ3v) is 2.46. The molecule has 2 N–H and O–H groups in total. The van der Waals surface area contributed by atoms with Crippen molar-refractivity contribution in [2.24, 2.45) is 5.41 Å². The number of hydrogen-bond acceptors (Lipinski definition) is 2. The van der Waals surface area contributed by atoms with Gasteiger partial charge >= 0.3 is 0 Å². The van der Waals surface area contributed by atoms with Gasteiger partial charge in [-0.15, -0.1) is 0 Å². The monoisotopic (exact) mass is 243 g/mol. The first kappa shape index (κ1) is 16.4. The van der Waals surface area contributed by atoms with E-state index in [1.54, 1.807) is 0 Å². The number of aliphatic hydroxyl groups is 1. The molecule has 1 amide bonds. The molecule has 0 aromatic heterocycles. The fourth-order valence-corrected chi connectivity index (χ4v) is 1.58. The lowest BCUT2D eigenvalue weighted by Gasteiger charge is -2.23. The highest BCUT2D eigenvalue weighted by Crippen LogP contribution is 2.22. The van der Waals surface area contributed by atoms with Crippen molar-refractivity contribution in [3.8, 4) is 0 Å². The van der Waals surface area contributed by atoms with Crippen LogP contribution in [-0.2, 0) is 4.79 Å². The summed E-state index contributed by atoms with van der Waals surface area (Å²) < 4.78 is 0. The quantitative estimate of drug-likeness (QED) is 0.729. The van der Waals surface area contributed by atoms with Gasteiger partial charge in [0.25, 0.3) is 0 Å². The molecule has 0 bridgehead atoms. The van der Waals surface area contributed by atoms with E-state index in [9.17, 15) is 9.90 Å². The van der Waals surface area contributed by atoms with Crippen molar-refractivity contribution in [3.63, 3.8) is 0 Å². The van der Waals surface area contributed by atoms with Crippen LogP contribution in [0.5, 0.6) is 0 Å². The van der Waals surface area contributed by atoms with E-state index in [0.29, 0.717) is 11.8 Å². The van der Waals surface area contributed by atoms with Crippen molar-refractivity contribution in [1.82, 2.24) is 5.32 Å². The Bertz CT molecular complexity index is 236. The van der Waals surface area contributed by atoms with Gasteiger partial charge < -0.3 is 10.4 Å². The minimum absolute atomic E-state index is 0.256. The standard InChI is InChI=1S/C14H29NO2/c1-13(2,3)10-8-7-9-11(16)12(17)15-14(4,5)6/h11,16H,7-10H2,1-6H3,(H,15,17). The minimum atomic E-state index is -0.866. The summed E-state index contributed by atoms with van der Waals surface area (Å²) in [6, 6.07) is 0. The lowest BCUT2D eigenvalue weighted by Crippen LogP contribution is -2.45. The summed E-state index contributed by atoms with van der Waals surface area (Å²) in [4.78, 5) is 11.6. The summed E-state index contributed by atoms with van der Waals surface area (Å²) in [5.41, 5.74) is 0.0576. The van der Waals surface area contributed by atoms with Crippen LogP contribution in [0.3, 0.4) is 0 Å². The molecule has 0 spiro atoms. The fourth-order valence-electron chi connectivity index (χ4n) is 1.58. The number of carbonyl (C=O) groups excluding carboxylic acids is 1. The first-order valence-corrected chi connectivity index (χ1v) is 6.51. The molecule has 1 atom stereocenters. The summed E-state index contributed by atoms with van der Waals surface area (Å²) >= 11 is 0. The zero-order chi connectivity index (χ0) is 13.7. The first-order chi connectivity index (χ1) is 7.51. The van der Waals surface area contributed by atoms with Crippen LogP contribution in [0, 0.1) is 5.41 Å². The molecule has 0 radical (unpaired) electrons. The molecular formula is C14H29NO2. The Hall–Kier alpha value is -0.570. The highest BCUT2D eigenvalue weighted by atomic mass is 16.3. The van der Waals surface area contributed by atoms with Gasteiger partial charge in [0.15, 0.2) is 0 Å². The van der Waals surface area contributed by atoms with Crippen LogP contribution in [0.2, 0.25) is 0 Å². The fraction of sp³-hybridized carbons (Fsp3) is 0.929. The van der Waals surface area contributed by atoms with E-state index in [1.165, 1.54) is 0 Å². The summed E-state index contributed by atoms with van der Waals surface area (Å²) in [7, 11) is 0. The molecule has 0 aliphatic heterocycles. The van der Waals surface area contributed by atoms with Crippen molar-refractivity contribution in [2.75, 3.05) is 0 Å². The number of unbranched alkanes of at least 4 members (excludes halogenated alkanes) is 1. The molecular weight excluding hydrogens is 214 g/mol. The van der Waals surface area contributed by atoms with Crippen LogP contribution in [0.15, 0.2) is 0 Å². The predicted molar refractivity (Wildman–Crippen MR) is 71.8 cm³/mol. The average Bonchev–Trinajstić information content (AvgIpc) is 2.07. The second kappa shape index (κ2) is 6.39. The second-order valence-corrected chi connectivity index (χ2v) is 7.06. The van der Waals surface area contributed by atoms with Gasteiger partial charge in [-0.1, -0.05) is 33.6 Å². The smallest absolute Gasteiger partial charge is 0.249 e. The number of carbonyl (C=O) groups is 1. The molecule has 102 valence electrons. The van der Waals surface area contributed by atoms with Gasteiger partial charge in [0.2, 0.25) is 5.91 Å². The number of nitrogens with one attached hydrogen (secondary N) is 1. The summed E-state index contributed by atoms with van der Waals surface area (Å²) in [5.74, 6) is -0.256. The minimum Gasteiger partial charge on any atom is -0.383 e. The summed E-state index contributed by atoms with van der Waals surface area (Å²) in [6.07, 6.45) is 2.77. The van der Waals surface area contributed by atoms with E-state index >= 15 is 0 Å². The predicted octanol–water partition coefficient (Wildman–Crippen LogP) is 2.87. The van der Waals surface area contributed by atoms with Gasteiger partial charge in [0, 0.05) is 5.54 Å². The molecule has 0 aliphatic rings. The second-order valence-electron chi connectivity index (χ2n) is 7.06. The topological polar surface area (TPSA) is 49.3 Å². The molecule has 1 unspecified atom stereocenters. The van der Waals surface area contributed by atoms with E-state index in [1.807, 2.05) is 20.8 Å². The van der Waals surface area contributed by atoms with Crippen LogP contribution in [0.4, 0.5) is 0 Å². The van der Waals surface area contributed by atoms with Crippen molar-refractivity contribution >= 4 is 5.91 Å². The van der Waals surface area contributed by atoms with Crippen molar-refractivity contribution in [1.29, 1.82) is 0 Å². The van der Waals surface area contributed by atoms with Crippen LogP contribution >= 0.6 is 0 Å². The van der Waals surface area contributed by atoms with Gasteiger partial charge in [-0.25, -0.2) is 0 Å². The molecule has 0 heterocycles. The average molecular weight is 243 g/mol. The lowest BCUT2D eigenvalue weighted by molar-refractivity contribution is -0.131.